The molecule has 5 nitrogen and oxygen atoms in total. The summed E-state index contributed by atoms with van der Waals surface area (Å²) in [4.78, 5) is 27.4. The van der Waals surface area contributed by atoms with Crippen molar-refractivity contribution in [3.8, 4) is 5.75 Å². The van der Waals surface area contributed by atoms with Gasteiger partial charge in [0.15, 0.2) is 0 Å². The number of nitrogens with zero attached hydrogens (tertiary/aromatic N) is 1. The van der Waals surface area contributed by atoms with Gasteiger partial charge in [0.2, 0.25) is 11.8 Å². The van der Waals surface area contributed by atoms with Crippen LogP contribution in [0.5, 0.6) is 5.75 Å². The Kier molecular flexibility index (Phi) is 8.53. The fraction of sp³-hybridized carbons (Fsp3) is 0.391. The van der Waals surface area contributed by atoms with Gasteiger partial charge in [0.1, 0.15) is 11.8 Å². The van der Waals surface area contributed by atoms with Crippen molar-refractivity contribution >= 4 is 11.8 Å². The SMILES string of the molecule is CCNC(=O)C(CC)N(CCc1ccccc1)C(=O)Cc1ccc(OC)cc1. The Morgan fingerprint density at radius 2 is 1.68 bits per heavy atom. The number of likely N-dealkylation sites (N-methyl/N-ethyl adjacent to an activating group) is 1. The van der Waals surface area contributed by atoms with E-state index in [0.29, 0.717) is 25.9 Å². The highest BCUT2D eigenvalue weighted by Gasteiger charge is 2.27. The van der Waals surface area contributed by atoms with Gasteiger partial charge in [-0.25, -0.2) is 0 Å². The summed E-state index contributed by atoms with van der Waals surface area (Å²) in [5.74, 6) is 0.617. The summed E-state index contributed by atoms with van der Waals surface area (Å²) in [6.45, 7) is 4.89. The van der Waals surface area contributed by atoms with Gasteiger partial charge >= 0.3 is 0 Å². The summed E-state index contributed by atoms with van der Waals surface area (Å²) in [5, 5.41) is 2.86. The predicted octanol–water partition coefficient (Wildman–Crippen LogP) is 3.22. The van der Waals surface area contributed by atoms with Crippen LogP contribution in [0.4, 0.5) is 0 Å². The van der Waals surface area contributed by atoms with Crippen molar-refractivity contribution in [2.75, 3.05) is 20.2 Å². The lowest BCUT2D eigenvalue weighted by atomic mass is 10.1. The minimum Gasteiger partial charge on any atom is -0.497 e. The number of benzene rings is 2. The van der Waals surface area contributed by atoms with Crippen molar-refractivity contribution < 1.29 is 14.3 Å². The third kappa shape index (κ3) is 6.12. The summed E-state index contributed by atoms with van der Waals surface area (Å²) in [7, 11) is 1.61. The maximum atomic E-state index is 13.1. The highest BCUT2D eigenvalue weighted by atomic mass is 16.5. The molecule has 0 heterocycles. The third-order valence-electron chi connectivity index (χ3n) is 4.74. The van der Waals surface area contributed by atoms with E-state index < -0.39 is 6.04 Å². The normalized spacial score (nSPS) is 11.5. The summed E-state index contributed by atoms with van der Waals surface area (Å²) in [5.41, 5.74) is 2.05. The van der Waals surface area contributed by atoms with E-state index in [-0.39, 0.29) is 18.2 Å². The van der Waals surface area contributed by atoms with Gasteiger partial charge in [-0.3, -0.25) is 9.59 Å². The quantitative estimate of drug-likeness (QED) is 0.686. The second-order valence-corrected chi connectivity index (χ2v) is 6.67. The van der Waals surface area contributed by atoms with E-state index in [2.05, 4.69) is 5.32 Å². The first-order valence-electron chi connectivity index (χ1n) is 9.83. The average molecular weight is 383 g/mol. The van der Waals surface area contributed by atoms with E-state index >= 15 is 0 Å². The largest absolute Gasteiger partial charge is 0.497 e. The summed E-state index contributed by atoms with van der Waals surface area (Å²) in [6, 6.07) is 17.0. The van der Waals surface area contributed by atoms with E-state index in [9.17, 15) is 9.59 Å². The molecule has 0 bridgehead atoms. The van der Waals surface area contributed by atoms with Crippen molar-refractivity contribution in [2.24, 2.45) is 0 Å². The molecule has 0 radical (unpaired) electrons. The van der Waals surface area contributed by atoms with Gasteiger partial charge in [0.05, 0.1) is 13.5 Å². The van der Waals surface area contributed by atoms with Crippen LogP contribution >= 0.6 is 0 Å². The molecule has 2 aromatic rings. The second kappa shape index (κ2) is 11.1. The first kappa shape index (κ1) is 21.5. The van der Waals surface area contributed by atoms with Gasteiger partial charge in [0, 0.05) is 13.1 Å². The zero-order valence-electron chi connectivity index (χ0n) is 17.0. The van der Waals surface area contributed by atoms with Crippen LogP contribution in [0, 0.1) is 0 Å². The Bertz CT molecular complexity index is 744. The Morgan fingerprint density at radius 1 is 1.00 bits per heavy atom. The number of carbonyl (C=O) groups is 2. The topological polar surface area (TPSA) is 58.6 Å². The molecule has 1 N–H and O–H groups in total. The average Bonchev–Trinajstić information content (AvgIpc) is 2.72. The van der Waals surface area contributed by atoms with Crippen LogP contribution < -0.4 is 10.1 Å². The Hall–Kier alpha value is -2.82. The zero-order valence-corrected chi connectivity index (χ0v) is 17.0. The Labute approximate surface area is 167 Å². The molecule has 150 valence electrons. The van der Waals surface area contributed by atoms with Gasteiger partial charge in [0.25, 0.3) is 0 Å². The number of ether oxygens (including phenoxy) is 1. The number of nitrogens with one attached hydrogen (secondary N) is 1. The Morgan fingerprint density at radius 3 is 2.25 bits per heavy atom. The lowest BCUT2D eigenvalue weighted by Crippen LogP contribution is -2.50. The monoisotopic (exact) mass is 382 g/mol. The van der Waals surface area contributed by atoms with Gasteiger partial charge in [-0.2, -0.15) is 0 Å². The maximum Gasteiger partial charge on any atom is 0.242 e. The van der Waals surface area contributed by atoms with Crippen LogP contribution in [0.2, 0.25) is 0 Å². The smallest absolute Gasteiger partial charge is 0.242 e. The van der Waals surface area contributed by atoms with E-state index in [1.54, 1.807) is 12.0 Å². The molecular formula is C23H30N2O3. The highest BCUT2D eigenvalue weighted by Crippen LogP contribution is 2.15. The van der Waals surface area contributed by atoms with Crippen LogP contribution in [0.25, 0.3) is 0 Å². The molecule has 0 spiro atoms. The van der Waals surface area contributed by atoms with Crippen molar-refractivity contribution in [2.45, 2.75) is 39.2 Å². The highest BCUT2D eigenvalue weighted by molar-refractivity contribution is 5.88. The first-order chi connectivity index (χ1) is 13.6. The fourth-order valence-corrected chi connectivity index (χ4v) is 3.21. The number of hydrogen-bond donors (Lipinski definition) is 1. The van der Waals surface area contributed by atoms with Gasteiger partial charge in [-0.15, -0.1) is 0 Å². The molecule has 0 aromatic heterocycles. The fourth-order valence-electron chi connectivity index (χ4n) is 3.21. The molecule has 1 atom stereocenters. The molecule has 28 heavy (non-hydrogen) atoms. The van der Waals surface area contributed by atoms with E-state index in [1.807, 2.05) is 68.4 Å². The molecule has 0 aliphatic rings. The summed E-state index contributed by atoms with van der Waals surface area (Å²) >= 11 is 0. The second-order valence-electron chi connectivity index (χ2n) is 6.67. The van der Waals surface area contributed by atoms with Crippen LogP contribution in [-0.4, -0.2) is 43.0 Å². The summed E-state index contributed by atoms with van der Waals surface area (Å²) in [6.07, 6.45) is 1.55. The lowest BCUT2D eigenvalue weighted by molar-refractivity contribution is -0.140. The minimum atomic E-state index is -0.464. The van der Waals surface area contributed by atoms with Crippen molar-refractivity contribution in [1.82, 2.24) is 10.2 Å². The number of rotatable bonds is 10. The molecule has 2 aromatic carbocycles. The molecule has 0 aliphatic carbocycles. The molecule has 2 amide bonds. The van der Waals surface area contributed by atoms with Crippen LogP contribution in [0.1, 0.15) is 31.4 Å². The number of methoxy groups -OCH3 is 1. The molecule has 0 aliphatic heterocycles. The zero-order chi connectivity index (χ0) is 20.4. The van der Waals surface area contributed by atoms with E-state index in [1.165, 1.54) is 0 Å². The van der Waals surface area contributed by atoms with Gasteiger partial charge < -0.3 is 15.0 Å². The van der Waals surface area contributed by atoms with Crippen molar-refractivity contribution in [3.05, 3.63) is 65.7 Å². The van der Waals surface area contributed by atoms with Crippen molar-refractivity contribution in [3.63, 3.8) is 0 Å². The molecule has 5 heteroatoms. The minimum absolute atomic E-state index is 0.0424. The van der Waals surface area contributed by atoms with Crippen LogP contribution in [-0.2, 0) is 22.4 Å². The third-order valence-corrected chi connectivity index (χ3v) is 4.74. The summed E-state index contributed by atoms with van der Waals surface area (Å²) < 4.78 is 5.17. The molecule has 0 fully saturated rings. The first-order valence-corrected chi connectivity index (χ1v) is 9.83. The molecule has 0 saturated heterocycles. The number of amides is 2. The van der Waals surface area contributed by atoms with E-state index in [0.717, 1.165) is 16.9 Å². The standard InChI is InChI=1S/C23H30N2O3/c1-4-21(23(27)24-5-2)25(16-15-18-9-7-6-8-10-18)22(26)17-19-11-13-20(28-3)14-12-19/h6-14,21H,4-5,15-17H2,1-3H3,(H,24,27). The predicted molar refractivity (Wildman–Crippen MR) is 111 cm³/mol. The number of carbonyl (C=O) groups excluding carboxylic acids is 2. The maximum absolute atomic E-state index is 13.1. The lowest BCUT2D eigenvalue weighted by Gasteiger charge is -2.30. The number of hydrogen-bond acceptors (Lipinski definition) is 3. The Balaban J connectivity index is 2.16. The van der Waals surface area contributed by atoms with Crippen LogP contribution in [0.15, 0.2) is 54.6 Å². The van der Waals surface area contributed by atoms with Gasteiger partial charge in [-0.1, -0.05) is 49.4 Å². The van der Waals surface area contributed by atoms with Gasteiger partial charge in [-0.05, 0) is 43.0 Å². The van der Waals surface area contributed by atoms with Crippen LogP contribution in [0.3, 0.4) is 0 Å². The van der Waals surface area contributed by atoms with E-state index in [4.69, 9.17) is 4.74 Å². The van der Waals surface area contributed by atoms with Crippen molar-refractivity contribution in [1.29, 1.82) is 0 Å². The molecular weight excluding hydrogens is 352 g/mol. The molecule has 0 saturated carbocycles. The molecule has 2 rings (SSSR count). The molecule has 1 unspecified atom stereocenters.